The molecule has 4 nitrogen and oxygen atoms in total. The third kappa shape index (κ3) is 4.84. The van der Waals surface area contributed by atoms with Crippen LogP contribution in [-0.2, 0) is 6.42 Å². The van der Waals surface area contributed by atoms with Gasteiger partial charge >= 0.3 is 0 Å². The van der Waals surface area contributed by atoms with E-state index in [0.717, 1.165) is 54.7 Å². The van der Waals surface area contributed by atoms with E-state index < -0.39 is 0 Å². The van der Waals surface area contributed by atoms with Gasteiger partial charge in [-0.25, -0.2) is 0 Å². The number of hydrogen-bond acceptors (Lipinski definition) is 3. The van der Waals surface area contributed by atoms with Crippen molar-refractivity contribution in [2.75, 3.05) is 18.0 Å². The average Bonchev–Trinajstić information content (AvgIpc) is 3.43. The van der Waals surface area contributed by atoms with E-state index in [1.54, 1.807) is 11.3 Å². The van der Waals surface area contributed by atoms with Gasteiger partial charge in [0.2, 0.25) is 0 Å². The summed E-state index contributed by atoms with van der Waals surface area (Å²) < 4.78 is 1.18. The van der Waals surface area contributed by atoms with E-state index in [9.17, 15) is 4.79 Å². The highest BCUT2D eigenvalue weighted by Crippen LogP contribution is 2.42. The summed E-state index contributed by atoms with van der Waals surface area (Å²) in [6.07, 6.45) is 8.76. The maximum atomic E-state index is 12.7. The van der Waals surface area contributed by atoms with Gasteiger partial charge in [-0.15, -0.1) is 11.3 Å². The molecule has 1 unspecified atom stereocenters. The number of piperidine rings is 1. The predicted molar refractivity (Wildman–Crippen MR) is 150 cm³/mol. The summed E-state index contributed by atoms with van der Waals surface area (Å²) in [5, 5.41) is 2.47. The number of aromatic amines is 1. The molecule has 0 aliphatic carbocycles. The van der Waals surface area contributed by atoms with Crippen LogP contribution in [0.1, 0.15) is 79.6 Å². The minimum Gasteiger partial charge on any atom is -0.371 e. The largest absolute Gasteiger partial charge is 0.371 e. The molecule has 1 atom stereocenters. The molecule has 35 heavy (non-hydrogen) atoms. The second kappa shape index (κ2) is 9.69. The number of nitrogens with two attached hydrogens (primary N) is 1. The number of unbranched alkanes of at least 4 members (excludes halogenated alkanes) is 1. The fourth-order valence-corrected chi connectivity index (χ4v) is 6.80. The van der Waals surface area contributed by atoms with Gasteiger partial charge in [-0.3, -0.25) is 4.79 Å². The SMILES string of the molecule is CCCCC(Cc1c[nH]c2ccccc12)c1c(C(N)=O)sc2cc(N3CCC(C)(C)CC3)ccc12. The number of primary amides is 1. The van der Waals surface area contributed by atoms with Crippen LogP contribution in [0, 0.1) is 5.41 Å². The maximum Gasteiger partial charge on any atom is 0.259 e. The molecule has 184 valence electrons. The summed E-state index contributed by atoms with van der Waals surface area (Å²) in [6.45, 7) is 9.12. The summed E-state index contributed by atoms with van der Waals surface area (Å²) in [5.74, 6) is -0.0464. The molecule has 1 aliphatic heterocycles. The second-order valence-electron chi connectivity index (χ2n) is 10.9. The first-order valence-electron chi connectivity index (χ1n) is 13.0. The Morgan fingerprint density at radius 2 is 1.91 bits per heavy atom. The van der Waals surface area contributed by atoms with Crippen molar-refractivity contribution < 1.29 is 4.79 Å². The van der Waals surface area contributed by atoms with Crippen LogP contribution in [0.2, 0.25) is 0 Å². The number of amides is 1. The normalized spacial score (nSPS) is 16.7. The van der Waals surface area contributed by atoms with Crippen LogP contribution in [0.5, 0.6) is 0 Å². The molecule has 0 spiro atoms. The molecule has 3 N–H and O–H groups in total. The van der Waals surface area contributed by atoms with Gasteiger partial charge in [-0.1, -0.05) is 57.9 Å². The molecule has 4 aromatic rings. The molecule has 1 saturated heterocycles. The first-order chi connectivity index (χ1) is 16.9. The number of carbonyl (C=O) groups excluding carboxylic acids is 1. The molecule has 1 aliphatic rings. The van der Waals surface area contributed by atoms with Crippen molar-refractivity contribution in [3.63, 3.8) is 0 Å². The van der Waals surface area contributed by atoms with Gasteiger partial charge in [0.25, 0.3) is 5.91 Å². The topological polar surface area (TPSA) is 62.1 Å². The number of aromatic nitrogens is 1. The van der Waals surface area contributed by atoms with Crippen LogP contribution in [0.25, 0.3) is 21.0 Å². The van der Waals surface area contributed by atoms with Crippen molar-refractivity contribution in [1.29, 1.82) is 0 Å². The van der Waals surface area contributed by atoms with Crippen LogP contribution in [0.15, 0.2) is 48.7 Å². The minimum absolute atomic E-state index is 0.257. The second-order valence-corrected chi connectivity index (χ2v) is 12.0. The van der Waals surface area contributed by atoms with Gasteiger partial charge in [-0.2, -0.15) is 0 Å². The monoisotopic (exact) mass is 487 g/mol. The minimum atomic E-state index is -0.303. The summed E-state index contributed by atoms with van der Waals surface area (Å²) in [4.78, 5) is 19.3. The molecule has 3 heterocycles. The number of anilines is 1. The van der Waals surface area contributed by atoms with Gasteiger partial charge in [0.05, 0.1) is 4.88 Å². The number of nitrogens with one attached hydrogen (secondary N) is 1. The van der Waals surface area contributed by atoms with E-state index in [0.29, 0.717) is 5.41 Å². The number of benzene rings is 2. The Kier molecular flexibility index (Phi) is 6.63. The molecule has 5 heteroatoms. The van der Waals surface area contributed by atoms with Gasteiger partial charge in [0.15, 0.2) is 0 Å². The van der Waals surface area contributed by atoms with Crippen molar-refractivity contribution in [2.45, 2.75) is 65.2 Å². The highest BCUT2D eigenvalue weighted by molar-refractivity contribution is 7.21. The first-order valence-corrected chi connectivity index (χ1v) is 13.8. The third-order valence-electron chi connectivity index (χ3n) is 7.87. The standard InChI is InChI=1S/C30H37N3OS/c1-4-5-8-20(17-21-19-32-25-10-7-6-9-23(21)25)27-24-12-11-22(18-26(24)35-28(27)29(31)34)33-15-13-30(2,3)14-16-33/h6-7,9-12,18-20,32H,4-5,8,13-17H2,1-3H3,(H2,31,34). The number of fused-ring (bicyclic) bond motifs is 2. The summed E-state index contributed by atoms with van der Waals surface area (Å²) in [5.41, 5.74) is 11.3. The Morgan fingerprint density at radius 1 is 1.14 bits per heavy atom. The van der Waals surface area contributed by atoms with E-state index in [1.807, 2.05) is 0 Å². The molecule has 2 aromatic carbocycles. The Hall–Kier alpha value is -2.79. The number of thiophene rings is 1. The summed E-state index contributed by atoms with van der Waals surface area (Å²) in [6, 6.07) is 15.3. The average molecular weight is 488 g/mol. The van der Waals surface area contributed by atoms with Crippen LogP contribution in [0.4, 0.5) is 5.69 Å². The molecular weight excluding hydrogens is 450 g/mol. The zero-order valence-electron chi connectivity index (χ0n) is 21.2. The number of carbonyl (C=O) groups is 1. The van der Waals surface area contributed by atoms with Crippen LogP contribution < -0.4 is 10.6 Å². The number of rotatable bonds is 8. The van der Waals surface area contributed by atoms with Gasteiger partial charge in [-0.05, 0) is 71.7 Å². The lowest BCUT2D eigenvalue weighted by molar-refractivity contribution is 0.100. The molecule has 0 bridgehead atoms. The molecular formula is C30H37N3OS. The number of hydrogen-bond donors (Lipinski definition) is 2. The first kappa shape index (κ1) is 23.9. The van der Waals surface area contributed by atoms with Crippen LogP contribution in [0.3, 0.4) is 0 Å². The Labute approximate surface area is 212 Å². The summed E-state index contributed by atoms with van der Waals surface area (Å²) >= 11 is 1.58. The Balaban J connectivity index is 1.53. The number of nitrogens with zero attached hydrogens (tertiary/aromatic N) is 1. The molecule has 1 fully saturated rings. The zero-order chi connectivity index (χ0) is 24.6. The lowest BCUT2D eigenvalue weighted by Gasteiger charge is -2.38. The van der Waals surface area contributed by atoms with Crippen LogP contribution in [-0.4, -0.2) is 24.0 Å². The van der Waals surface area contributed by atoms with Crippen molar-refractivity contribution in [3.8, 4) is 0 Å². The van der Waals surface area contributed by atoms with Gasteiger partial charge in [0.1, 0.15) is 0 Å². The smallest absolute Gasteiger partial charge is 0.259 e. The van der Waals surface area contributed by atoms with E-state index in [4.69, 9.17) is 5.73 Å². The van der Waals surface area contributed by atoms with E-state index in [-0.39, 0.29) is 11.8 Å². The Bertz CT molecular complexity index is 1340. The molecule has 5 rings (SSSR count). The Morgan fingerprint density at radius 3 is 2.66 bits per heavy atom. The lowest BCUT2D eigenvalue weighted by atomic mass is 9.82. The van der Waals surface area contributed by atoms with Crippen molar-refractivity contribution in [1.82, 2.24) is 4.98 Å². The van der Waals surface area contributed by atoms with E-state index >= 15 is 0 Å². The summed E-state index contributed by atoms with van der Waals surface area (Å²) in [7, 11) is 0. The zero-order valence-corrected chi connectivity index (χ0v) is 22.0. The quantitative estimate of drug-likeness (QED) is 0.268. The third-order valence-corrected chi connectivity index (χ3v) is 9.06. The lowest BCUT2D eigenvalue weighted by Crippen LogP contribution is -2.37. The van der Waals surface area contributed by atoms with Gasteiger partial charge < -0.3 is 15.6 Å². The van der Waals surface area contributed by atoms with Crippen molar-refractivity contribution in [3.05, 3.63) is 64.7 Å². The fraction of sp³-hybridized carbons (Fsp3) is 0.433. The fourth-order valence-electron chi connectivity index (χ4n) is 5.63. The van der Waals surface area contributed by atoms with Crippen molar-refractivity contribution in [2.24, 2.45) is 11.1 Å². The van der Waals surface area contributed by atoms with Crippen LogP contribution >= 0.6 is 11.3 Å². The molecule has 0 saturated carbocycles. The van der Waals surface area contributed by atoms with Crippen molar-refractivity contribution >= 4 is 43.9 Å². The molecule has 0 radical (unpaired) electrons. The van der Waals surface area contributed by atoms with E-state index in [2.05, 4.69) is 79.3 Å². The number of H-pyrrole nitrogens is 1. The maximum absolute atomic E-state index is 12.7. The number of para-hydroxylation sites is 1. The molecule has 1 amide bonds. The molecule has 2 aromatic heterocycles. The van der Waals surface area contributed by atoms with E-state index in [1.165, 1.54) is 39.6 Å². The van der Waals surface area contributed by atoms with Gasteiger partial charge in [0, 0.05) is 40.6 Å². The highest BCUT2D eigenvalue weighted by Gasteiger charge is 2.28. The highest BCUT2D eigenvalue weighted by atomic mass is 32.1. The predicted octanol–water partition coefficient (Wildman–Crippen LogP) is 7.62.